The van der Waals surface area contributed by atoms with Crippen LogP contribution in [0.2, 0.25) is 0 Å². The van der Waals surface area contributed by atoms with E-state index in [-0.39, 0.29) is 35.0 Å². The van der Waals surface area contributed by atoms with Crippen LogP contribution in [-0.2, 0) is 6.42 Å². The lowest BCUT2D eigenvalue weighted by atomic mass is 9.93. The van der Waals surface area contributed by atoms with Gasteiger partial charge in [0.15, 0.2) is 23.0 Å². The van der Waals surface area contributed by atoms with Gasteiger partial charge in [0.2, 0.25) is 5.82 Å². The molecule has 0 saturated heterocycles. The highest BCUT2D eigenvalue weighted by molar-refractivity contribution is 5.96. The van der Waals surface area contributed by atoms with E-state index in [0.29, 0.717) is 47.9 Å². The third kappa shape index (κ3) is 5.71. The van der Waals surface area contributed by atoms with Gasteiger partial charge in [-0.15, -0.1) is 12.4 Å². The fourth-order valence-electron chi connectivity index (χ4n) is 3.90. The lowest BCUT2D eigenvalue weighted by Gasteiger charge is -2.23. The summed E-state index contributed by atoms with van der Waals surface area (Å²) in [5, 5.41) is 6.19. The first-order valence-electron chi connectivity index (χ1n) is 11.9. The van der Waals surface area contributed by atoms with Crippen LogP contribution in [0.25, 0.3) is 16.9 Å². The third-order valence-electron chi connectivity index (χ3n) is 6.24. The van der Waals surface area contributed by atoms with Crippen molar-refractivity contribution < 1.29 is 18.3 Å². The summed E-state index contributed by atoms with van der Waals surface area (Å²) in [4.78, 5) is 21.6. The number of hydrogen-bond donors (Lipinski definition) is 3. The lowest BCUT2D eigenvalue weighted by Crippen LogP contribution is -2.38. The molecule has 0 unspecified atom stereocenters. The molecule has 2 aromatic heterocycles. The molecule has 0 spiro atoms. The predicted molar refractivity (Wildman–Crippen MR) is 146 cm³/mol. The van der Waals surface area contributed by atoms with E-state index in [0.717, 1.165) is 5.56 Å². The molecule has 4 aromatic rings. The summed E-state index contributed by atoms with van der Waals surface area (Å²) in [6, 6.07) is 8.25. The number of nitrogens with two attached hydrogens (primary N) is 1. The lowest BCUT2D eigenvalue weighted by molar-refractivity contribution is 0.0937. The normalized spacial score (nSPS) is 11.2. The monoisotopic (exact) mass is 544 g/mol. The molecule has 0 aliphatic rings. The molecule has 0 aliphatic carbocycles. The molecule has 0 atom stereocenters. The predicted octanol–water partition coefficient (Wildman–Crippen LogP) is 5.13. The number of nitrogens with zero attached hydrogens (tertiary/aromatic N) is 3. The van der Waals surface area contributed by atoms with Gasteiger partial charge in [-0.2, -0.15) is 4.39 Å². The Morgan fingerprint density at radius 2 is 1.92 bits per heavy atom. The number of benzene rings is 2. The van der Waals surface area contributed by atoms with Crippen LogP contribution in [0, 0.1) is 17.0 Å². The van der Waals surface area contributed by atoms with E-state index in [9.17, 15) is 13.6 Å². The van der Waals surface area contributed by atoms with Crippen molar-refractivity contribution in [1.82, 2.24) is 19.7 Å². The van der Waals surface area contributed by atoms with Crippen LogP contribution < -0.4 is 21.1 Å². The van der Waals surface area contributed by atoms with E-state index in [1.54, 1.807) is 28.9 Å². The van der Waals surface area contributed by atoms with Gasteiger partial charge in [0.25, 0.3) is 5.91 Å². The highest BCUT2D eigenvalue weighted by atomic mass is 35.5. The summed E-state index contributed by atoms with van der Waals surface area (Å²) < 4.78 is 35.6. The zero-order valence-corrected chi connectivity index (χ0v) is 22.5. The Morgan fingerprint density at radius 1 is 1.16 bits per heavy atom. The minimum atomic E-state index is -1.06. The second-order valence-corrected chi connectivity index (χ2v) is 9.46. The molecule has 4 N–H and O–H groups in total. The number of ether oxygens (including phenoxy) is 1. The molecule has 2 heterocycles. The van der Waals surface area contributed by atoms with E-state index >= 15 is 0 Å². The molecule has 0 saturated carbocycles. The number of nitrogens with one attached hydrogen (secondary N) is 2. The number of carbonyl (C=O) groups excluding carboxylic acids is 1. The van der Waals surface area contributed by atoms with E-state index in [4.69, 9.17) is 10.5 Å². The second-order valence-electron chi connectivity index (χ2n) is 9.46. The number of rotatable bonds is 9. The molecule has 0 radical (unpaired) electrons. The van der Waals surface area contributed by atoms with Crippen molar-refractivity contribution in [3.8, 4) is 17.0 Å². The van der Waals surface area contributed by atoms with Crippen LogP contribution in [0.4, 0.5) is 20.3 Å². The Hall–Kier alpha value is -3.76. The van der Waals surface area contributed by atoms with Crippen LogP contribution in [-0.4, -0.2) is 40.5 Å². The Kier molecular flexibility index (Phi) is 8.90. The molecule has 11 heteroatoms. The molecular formula is C27H31ClF2N6O2. The number of carbonyl (C=O) groups is 1. The third-order valence-corrected chi connectivity index (χ3v) is 6.24. The quantitative estimate of drug-likeness (QED) is 0.270. The maximum Gasteiger partial charge on any atom is 0.251 e. The van der Waals surface area contributed by atoms with Crippen LogP contribution in [0.1, 0.15) is 36.7 Å². The van der Waals surface area contributed by atoms with Crippen LogP contribution >= 0.6 is 12.4 Å². The van der Waals surface area contributed by atoms with Gasteiger partial charge in [-0.1, -0.05) is 20.8 Å². The molecule has 0 fully saturated rings. The highest BCUT2D eigenvalue weighted by Gasteiger charge is 2.20. The maximum atomic E-state index is 14.7. The van der Waals surface area contributed by atoms with Crippen molar-refractivity contribution >= 4 is 35.5 Å². The topological polar surface area (TPSA) is 107 Å². The summed E-state index contributed by atoms with van der Waals surface area (Å²) in [5.74, 6) is -2.00. The van der Waals surface area contributed by atoms with Gasteiger partial charge < -0.3 is 21.1 Å². The zero-order valence-electron chi connectivity index (χ0n) is 21.6. The van der Waals surface area contributed by atoms with Gasteiger partial charge in [-0.25, -0.2) is 14.4 Å². The van der Waals surface area contributed by atoms with Crippen molar-refractivity contribution in [3.63, 3.8) is 0 Å². The average molecular weight is 545 g/mol. The first kappa shape index (κ1) is 28.8. The maximum absolute atomic E-state index is 14.7. The number of aryl methyl sites for hydroxylation is 1. The number of methoxy groups -OCH3 is 1. The van der Waals surface area contributed by atoms with Crippen molar-refractivity contribution in [2.24, 2.45) is 11.1 Å². The molecular weight excluding hydrogens is 514 g/mol. The first-order chi connectivity index (χ1) is 17.7. The van der Waals surface area contributed by atoms with Gasteiger partial charge in [-0.3, -0.25) is 9.20 Å². The Labute approximate surface area is 226 Å². The summed E-state index contributed by atoms with van der Waals surface area (Å²) in [6.45, 7) is 6.90. The number of hydrogen-bond acceptors (Lipinski definition) is 6. The molecule has 202 valence electrons. The summed E-state index contributed by atoms with van der Waals surface area (Å²) in [7, 11) is 1.28. The number of halogens is 3. The van der Waals surface area contributed by atoms with Crippen molar-refractivity contribution in [2.45, 2.75) is 27.2 Å². The zero-order chi connectivity index (χ0) is 26.7. The van der Waals surface area contributed by atoms with Gasteiger partial charge in [0.1, 0.15) is 0 Å². The molecule has 8 nitrogen and oxygen atoms in total. The number of fused-ring (bicyclic) bond motifs is 1. The van der Waals surface area contributed by atoms with Gasteiger partial charge in [0.05, 0.1) is 19.0 Å². The standard InChI is InChI=1S/C27H30F2N6O2.ClH/c1-5-16-12-17(6-7-18(16)26(36)33-15-27(2,3)14-30)34-24-25-32-13-20(35(25)11-10-31-24)19-8-9-21(37-4)23(29)22(19)28;/h6-13H,5,14-15,30H2,1-4H3,(H,31,34)(H,33,36);1H. The Morgan fingerprint density at radius 3 is 2.61 bits per heavy atom. The fraction of sp³-hybridized carbons (Fsp3) is 0.296. The van der Waals surface area contributed by atoms with E-state index in [2.05, 4.69) is 20.6 Å². The van der Waals surface area contributed by atoms with Crippen molar-refractivity contribution in [2.75, 3.05) is 25.5 Å². The molecule has 0 bridgehead atoms. The van der Waals surface area contributed by atoms with Gasteiger partial charge in [-0.05, 0) is 54.3 Å². The second kappa shape index (κ2) is 11.7. The highest BCUT2D eigenvalue weighted by Crippen LogP contribution is 2.31. The first-order valence-corrected chi connectivity index (χ1v) is 11.9. The van der Waals surface area contributed by atoms with Crippen LogP contribution in [0.15, 0.2) is 48.9 Å². The molecule has 38 heavy (non-hydrogen) atoms. The largest absolute Gasteiger partial charge is 0.494 e. The molecule has 0 aliphatic heterocycles. The van der Waals surface area contributed by atoms with E-state index in [1.165, 1.54) is 25.4 Å². The molecule has 2 aromatic carbocycles. The summed E-state index contributed by atoms with van der Waals surface area (Å²) >= 11 is 0. The summed E-state index contributed by atoms with van der Waals surface area (Å²) in [6.07, 6.45) is 5.27. The van der Waals surface area contributed by atoms with Crippen LogP contribution in [0.3, 0.4) is 0 Å². The SMILES string of the molecule is CCc1cc(Nc2nccn3c(-c4ccc(OC)c(F)c4F)cnc23)ccc1C(=O)NCC(C)(C)CN.Cl. The number of aromatic nitrogens is 3. The van der Waals surface area contributed by atoms with Crippen LogP contribution in [0.5, 0.6) is 5.75 Å². The summed E-state index contributed by atoms with van der Waals surface area (Å²) in [5.41, 5.74) is 8.57. The molecule has 4 rings (SSSR count). The smallest absolute Gasteiger partial charge is 0.251 e. The minimum absolute atomic E-state index is 0. The number of anilines is 2. The van der Waals surface area contributed by atoms with E-state index < -0.39 is 11.6 Å². The Bertz CT molecular complexity index is 1460. The van der Waals surface area contributed by atoms with Gasteiger partial charge >= 0.3 is 0 Å². The minimum Gasteiger partial charge on any atom is -0.494 e. The number of imidazole rings is 1. The van der Waals surface area contributed by atoms with Crippen molar-refractivity contribution in [1.29, 1.82) is 0 Å². The fourth-order valence-corrected chi connectivity index (χ4v) is 3.90. The van der Waals surface area contributed by atoms with Crippen molar-refractivity contribution in [3.05, 3.63) is 71.7 Å². The Balaban J connectivity index is 0.00000400. The number of amides is 1. The average Bonchev–Trinajstić information content (AvgIpc) is 3.33. The van der Waals surface area contributed by atoms with E-state index in [1.807, 2.05) is 26.8 Å². The molecule has 1 amide bonds. The van der Waals surface area contributed by atoms with Gasteiger partial charge in [0, 0.05) is 35.8 Å².